The average Bonchev–Trinajstić information content (AvgIpc) is 3.15. The molecule has 3 heterocycles. The molecule has 1 N–H and O–H groups in total. The van der Waals surface area contributed by atoms with Gasteiger partial charge in [-0.3, -0.25) is 14.6 Å². The summed E-state index contributed by atoms with van der Waals surface area (Å²) in [4.78, 5) is 30.2. The van der Waals surface area contributed by atoms with Crippen molar-refractivity contribution in [2.45, 2.75) is 12.8 Å². The lowest BCUT2D eigenvalue weighted by molar-refractivity contribution is 0.0664. The molecule has 3 rings (SSSR count). The number of likely N-dealkylation sites (tertiary alicyclic amines) is 1. The monoisotopic (exact) mass is 313 g/mol. The van der Waals surface area contributed by atoms with Crippen molar-refractivity contribution in [3.05, 3.63) is 54.2 Å². The van der Waals surface area contributed by atoms with Gasteiger partial charge in [-0.05, 0) is 43.0 Å². The van der Waals surface area contributed by atoms with Crippen LogP contribution in [-0.2, 0) is 0 Å². The number of hydrogen-bond acceptors (Lipinski definition) is 4. The van der Waals surface area contributed by atoms with Crippen molar-refractivity contribution in [2.24, 2.45) is 5.92 Å². The zero-order chi connectivity index (χ0) is 16.1. The number of pyridine rings is 1. The first-order chi connectivity index (χ1) is 11.2. The Kier molecular flexibility index (Phi) is 4.71. The Balaban J connectivity index is 1.54. The Morgan fingerprint density at radius 1 is 1.30 bits per heavy atom. The molecule has 2 aromatic rings. The van der Waals surface area contributed by atoms with Crippen LogP contribution >= 0.6 is 0 Å². The zero-order valence-electron chi connectivity index (χ0n) is 12.8. The fraction of sp³-hybridized carbons (Fsp3) is 0.353. The number of nitrogens with zero attached hydrogens (tertiary/aromatic N) is 2. The van der Waals surface area contributed by atoms with Crippen molar-refractivity contribution in [3.8, 4) is 0 Å². The molecular weight excluding hydrogens is 294 g/mol. The maximum absolute atomic E-state index is 12.4. The molecule has 6 nitrogen and oxygen atoms in total. The molecule has 1 saturated heterocycles. The standard InChI is InChI=1S/C17H19N3O3/c21-16(15-7-4-10-23-15)19-11-13-5-3-9-20(12-13)17(22)14-6-1-2-8-18-14/h1-2,4,6-8,10,13H,3,5,9,11-12H2,(H,19,21)/t13-/m1/s1. The smallest absolute Gasteiger partial charge is 0.286 e. The number of hydrogen-bond donors (Lipinski definition) is 1. The number of aromatic nitrogens is 1. The predicted octanol–water partition coefficient (Wildman–Crippen LogP) is 1.96. The first-order valence-corrected chi connectivity index (χ1v) is 7.76. The van der Waals surface area contributed by atoms with Crippen LogP contribution in [0, 0.1) is 5.92 Å². The third-order valence-corrected chi connectivity index (χ3v) is 3.99. The molecule has 2 amide bonds. The topological polar surface area (TPSA) is 75.4 Å². The van der Waals surface area contributed by atoms with E-state index in [0.29, 0.717) is 24.5 Å². The summed E-state index contributed by atoms with van der Waals surface area (Å²) in [6.45, 7) is 1.90. The second-order valence-electron chi connectivity index (χ2n) is 5.66. The van der Waals surface area contributed by atoms with Gasteiger partial charge in [-0.15, -0.1) is 0 Å². The lowest BCUT2D eigenvalue weighted by Crippen LogP contribution is -2.43. The highest BCUT2D eigenvalue weighted by molar-refractivity contribution is 5.92. The Bertz CT molecular complexity index is 655. The van der Waals surface area contributed by atoms with Gasteiger partial charge in [0, 0.05) is 25.8 Å². The predicted molar refractivity (Wildman–Crippen MR) is 83.9 cm³/mol. The minimum atomic E-state index is -0.219. The van der Waals surface area contributed by atoms with Gasteiger partial charge in [-0.25, -0.2) is 0 Å². The summed E-state index contributed by atoms with van der Waals surface area (Å²) in [5.74, 6) is 0.286. The van der Waals surface area contributed by atoms with E-state index in [0.717, 1.165) is 19.4 Å². The Labute approximate surface area is 134 Å². The number of amides is 2. The van der Waals surface area contributed by atoms with Crippen LogP contribution in [0.2, 0.25) is 0 Å². The number of nitrogens with one attached hydrogen (secondary N) is 1. The molecule has 120 valence electrons. The SMILES string of the molecule is O=C(NC[C@H]1CCCN(C(=O)c2ccccn2)C1)c1ccco1. The van der Waals surface area contributed by atoms with Crippen LogP contribution in [-0.4, -0.2) is 41.3 Å². The van der Waals surface area contributed by atoms with E-state index in [4.69, 9.17) is 4.42 Å². The average molecular weight is 313 g/mol. The minimum Gasteiger partial charge on any atom is -0.459 e. The van der Waals surface area contributed by atoms with Crippen molar-refractivity contribution in [1.29, 1.82) is 0 Å². The molecule has 0 radical (unpaired) electrons. The molecule has 23 heavy (non-hydrogen) atoms. The van der Waals surface area contributed by atoms with Crippen molar-refractivity contribution in [2.75, 3.05) is 19.6 Å². The summed E-state index contributed by atoms with van der Waals surface area (Å²) in [5, 5.41) is 2.87. The van der Waals surface area contributed by atoms with Crippen molar-refractivity contribution in [1.82, 2.24) is 15.2 Å². The number of carbonyl (C=O) groups is 2. The highest BCUT2D eigenvalue weighted by atomic mass is 16.3. The van der Waals surface area contributed by atoms with Gasteiger partial charge in [-0.2, -0.15) is 0 Å². The van der Waals surface area contributed by atoms with E-state index in [1.54, 1.807) is 30.5 Å². The molecular formula is C17H19N3O3. The summed E-state index contributed by atoms with van der Waals surface area (Å²) in [6, 6.07) is 8.64. The Morgan fingerprint density at radius 3 is 2.96 bits per heavy atom. The number of furan rings is 1. The molecule has 1 aliphatic rings. The molecule has 0 spiro atoms. The number of rotatable bonds is 4. The van der Waals surface area contributed by atoms with E-state index in [1.165, 1.54) is 6.26 Å². The molecule has 0 aromatic carbocycles. The maximum Gasteiger partial charge on any atom is 0.286 e. The van der Waals surface area contributed by atoms with Crippen LogP contribution in [0.5, 0.6) is 0 Å². The van der Waals surface area contributed by atoms with Crippen molar-refractivity contribution in [3.63, 3.8) is 0 Å². The largest absolute Gasteiger partial charge is 0.459 e. The third-order valence-electron chi connectivity index (χ3n) is 3.99. The van der Waals surface area contributed by atoms with E-state index in [-0.39, 0.29) is 17.7 Å². The summed E-state index contributed by atoms with van der Waals surface area (Å²) >= 11 is 0. The van der Waals surface area contributed by atoms with Gasteiger partial charge in [0.1, 0.15) is 5.69 Å². The van der Waals surface area contributed by atoms with Crippen molar-refractivity contribution < 1.29 is 14.0 Å². The van der Waals surface area contributed by atoms with Crippen molar-refractivity contribution >= 4 is 11.8 Å². The zero-order valence-corrected chi connectivity index (χ0v) is 12.8. The highest BCUT2D eigenvalue weighted by Crippen LogP contribution is 2.17. The molecule has 2 aromatic heterocycles. The van der Waals surface area contributed by atoms with Gasteiger partial charge in [0.25, 0.3) is 11.8 Å². The molecule has 0 aliphatic carbocycles. The van der Waals surface area contributed by atoms with Gasteiger partial charge >= 0.3 is 0 Å². The lowest BCUT2D eigenvalue weighted by Gasteiger charge is -2.32. The second-order valence-corrected chi connectivity index (χ2v) is 5.66. The molecule has 0 unspecified atom stereocenters. The normalized spacial score (nSPS) is 17.7. The van der Waals surface area contributed by atoms with Crippen LogP contribution in [0.4, 0.5) is 0 Å². The van der Waals surface area contributed by atoms with Gasteiger partial charge in [0.2, 0.25) is 0 Å². The summed E-state index contributed by atoms with van der Waals surface area (Å²) in [6.07, 6.45) is 5.02. The van der Waals surface area contributed by atoms with Gasteiger partial charge in [0.15, 0.2) is 5.76 Å². The van der Waals surface area contributed by atoms with Crippen LogP contribution in [0.15, 0.2) is 47.2 Å². The molecule has 1 atom stereocenters. The van der Waals surface area contributed by atoms with Gasteiger partial charge in [0.05, 0.1) is 6.26 Å². The Hall–Kier alpha value is -2.63. The van der Waals surface area contributed by atoms with Gasteiger partial charge < -0.3 is 14.6 Å². The number of piperidine rings is 1. The first kappa shape index (κ1) is 15.3. The van der Waals surface area contributed by atoms with Crippen LogP contribution in [0.3, 0.4) is 0 Å². The molecule has 1 fully saturated rings. The van der Waals surface area contributed by atoms with Gasteiger partial charge in [-0.1, -0.05) is 6.07 Å². The van der Waals surface area contributed by atoms with Crippen LogP contribution in [0.1, 0.15) is 33.9 Å². The summed E-state index contributed by atoms with van der Waals surface area (Å²) in [5.41, 5.74) is 0.466. The maximum atomic E-state index is 12.4. The first-order valence-electron chi connectivity index (χ1n) is 7.76. The highest BCUT2D eigenvalue weighted by Gasteiger charge is 2.25. The Morgan fingerprint density at radius 2 is 2.22 bits per heavy atom. The fourth-order valence-corrected chi connectivity index (χ4v) is 2.80. The lowest BCUT2D eigenvalue weighted by atomic mass is 9.97. The second kappa shape index (κ2) is 7.09. The quantitative estimate of drug-likeness (QED) is 0.936. The minimum absolute atomic E-state index is 0.0485. The van der Waals surface area contributed by atoms with E-state index in [2.05, 4.69) is 10.3 Å². The van der Waals surface area contributed by atoms with E-state index < -0.39 is 0 Å². The van der Waals surface area contributed by atoms with E-state index in [9.17, 15) is 9.59 Å². The molecule has 6 heteroatoms. The fourth-order valence-electron chi connectivity index (χ4n) is 2.80. The molecule has 0 saturated carbocycles. The summed E-state index contributed by atoms with van der Waals surface area (Å²) in [7, 11) is 0. The van der Waals surface area contributed by atoms with E-state index in [1.807, 2.05) is 11.0 Å². The molecule has 0 bridgehead atoms. The molecule has 1 aliphatic heterocycles. The van der Waals surface area contributed by atoms with Crippen LogP contribution in [0.25, 0.3) is 0 Å². The van der Waals surface area contributed by atoms with Crippen LogP contribution < -0.4 is 5.32 Å². The number of carbonyl (C=O) groups excluding carboxylic acids is 2. The summed E-state index contributed by atoms with van der Waals surface area (Å²) < 4.78 is 5.07. The van der Waals surface area contributed by atoms with E-state index >= 15 is 0 Å². The third kappa shape index (κ3) is 3.77.